The van der Waals surface area contributed by atoms with Crippen LogP contribution in [0.3, 0.4) is 0 Å². The highest BCUT2D eigenvalue weighted by Crippen LogP contribution is 2.46. The van der Waals surface area contributed by atoms with E-state index in [0.29, 0.717) is 41.9 Å². The van der Waals surface area contributed by atoms with Gasteiger partial charge < -0.3 is 9.84 Å². The summed E-state index contributed by atoms with van der Waals surface area (Å²) in [4.78, 5) is 66.7. The van der Waals surface area contributed by atoms with Crippen molar-refractivity contribution in [3.05, 3.63) is 58.7 Å². The molecule has 4 rings (SSSR count). The molecule has 2 aliphatic rings. The third-order valence-corrected chi connectivity index (χ3v) is 7.40. The molecule has 40 heavy (non-hydrogen) atoms. The smallest absolute Gasteiger partial charge is 0.432 e. The van der Waals surface area contributed by atoms with Gasteiger partial charge in [-0.2, -0.15) is 0 Å². The van der Waals surface area contributed by atoms with E-state index in [0.717, 1.165) is 47.9 Å². The van der Waals surface area contributed by atoms with Crippen LogP contribution in [0.1, 0.15) is 109 Å². The van der Waals surface area contributed by atoms with E-state index in [9.17, 15) is 24.0 Å². The average molecular weight is 550 g/mol. The molecule has 1 aliphatic heterocycles. The van der Waals surface area contributed by atoms with Gasteiger partial charge in [-0.05, 0) is 53.6 Å². The molecule has 1 saturated heterocycles. The van der Waals surface area contributed by atoms with Crippen LogP contribution in [0.15, 0.2) is 36.4 Å². The molecule has 1 unspecified atom stereocenters. The number of Topliss-reactive ketones (excluding diaryl/α,β-unsaturated/α-hetero) is 2. The third-order valence-electron chi connectivity index (χ3n) is 7.40. The number of carbonyl (C=O) groups is 5. The monoisotopic (exact) mass is 549 g/mol. The van der Waals surface area contributed by atoms with Crippen molar-refractivity contribution in [3.8, 4) is 11.1 Å². The summed E-state index contributed by atoms with van der Waals surface area (Å²) >= 11 is 0. The van der Waals surface area contributed by atoms with Gasteiger partial charge in [0.1, 0.15) is 6.61 Å². The van der Waals surface area contributed by atoms with Gasteiger partial charge in [-0.3, -0.25) is 24.0 Å². The van der Waals surface area contributed by atoms with Gasteiger partial charge in [0, 0.05) is 49.3 Å². The molecule has 0 spiro atoms. The lowest BCUT2D eigenvalue weighted by molar-refractivity contribution is -0.177. The van der Waals surface area contributed by atoms with E-state index in [4.69, 9.17) is 14.7 Å². The highest BCUT2D eigenvalue weighted by Gasteiger charge is 2.35. The molecule has 0 saturated carbocycles. The predicted molar refractivity (Wildman–Crippen MR) is 146 cm³/mol. The second-order valence-corrected chi connectivity index (χ2v) is 10.2. The van der Waals surface area contributed by atoms with Gasteiger partial charge >= 0.3 is 6.16 Å². The maximum atomic E-state index is 12.9. The van der Waals surface area contributed by atoms with Crippen molar-refractivity contribution in [1.29, 1.82) is 0 Å². The zero-order valence-electron chi connectivity index (χ0n) is 22.8. The average Bonchev–Trinajstić information content (AvgIpc) is 3.44. The Morgan fingerprint density at radius 2 is 1.38 bits per heavy atom. The van der Waals surface area contributed by atoms with Gasteiger partial charge in [0.25, 0.3) is 11.8 Å². The number of ether oxygens (including phenoxy) is 1. The normalized spacial score (nSPS) is 15.7. The van der Waals surface area contributed by atoms with E-state index in [2.05, 4.69) is 6.92 Å². The first-order valence-corrected chi connectivity index (χ1v) is 14.0. The Morgan fingerprint density at radius 1 is 0.825 bits per heavy atom. The molecule has 0 radical (unpaired) electrons. The fourth-order valence-corrected chi connectivity index (χ4v) is 5.20. The van der Waals surface area contributed by atoms with E-state index in [-0.39, 0.29) is 37.6 Å². The summed E-state index contributed by atoms with van der Waals surface area (Å²) < 4.78 is 5.37. The minimum absolute atomic E-state index is 0.0198. The van der Waals surface area contributed by atoms with E-state index < -0.39 is 23.9 Å². The SMILES string of the molecule is CCCCCC(=O)c1ccc2c(c1)C(COC(=O)ON1C(=O)CCC1=O)c1cc(C(=O)CCCCCO)ccc1-2. The fourth-order valence-electron chi connectivity index (χ4n) is 5.20. The number of aliphatic hydroxyl groups excluding tert-OH is 1. The molecule has 1 N–H and O–H groups in total. The molecule has 9 nitrogen and oxygen atoms in total. The van der Waals surface area contributed by atoms with Crippen molar-refractivity contribution in [3.63, 3.8) is 0 Å². The van der Waals surface area contributed by atoms with Crippen molar-refractivity contribution in [2.75, 3.05) is 13.2 Å². The van der Waals surface area contributed by atoms with Gasteiger partial charge in [-0.1, -0.05) is 55.5 Å². The molecule has 2 amide bonds. The van der Waals surface area contributed by atoms with Crippen LogP contribution in [-0.4, -0.2) is 52.9 Å². The first kappa shape index (κ1) is 29.1. The molecule has 1 heterocycles. The van der Waals surface area contributed by atoms with Gasteiger partial charge in [0.2, 0.25) is 0 Å². The Hall–Kier alpha value is -3.85. The number of rotatable bonds is 14. The van der Waals surface area contributed by atoms with E-state index in [1.54, 1.807) is 18.2 Å². The zero-order valence-corrected chi connectivity index (χ0v) is 22.8. The molecular formula is C31H35NO8. The second-order valence-electron chi connectivity index (χ2n) is 10.2. The number of fused-ring (bicyclic) bond motifs is 3. The second kappa shape index (κ2) is 13.5. The number of hydrogen-bond acceptors (Lipinski definition) is 8. The maximum Gasteiger partial charge on any atom is 0.533 e. The van der Waals surface area contributed by atoms with E-state index in [1.165, 1.54) is 0 Å². The van der Waals surface area contributed by atoms with Crippen molar-refractivity contribution < 1.29 is 38.7 Å². The Morgan fingerprint density at radius 3 is 1.90 bits per heavy atom. The molecule has 212 valence electrons. The number of nitrogens with zero attached hydrogens (tertiary/aromatic N) is 1. The molecule has 9 heteroatoms. The summed E-state index contributed by atoms with van der Waals surface area (Å²) in [5.74, 6) is -1.67. The summed E-state index contributed by atoms with van der Waals surface area (Å²) in [6.45, 7) is 2.01. The Labute approximate surface area is 233 Å². The van der Waals surface area contributed by atoms with Crippen LogP contribution in [0.4, 0.5) is 4.79 Å². The summed E-state index contributed by atoms with van der Waals surface area (Å²) in [5.41, 5.74) is 4.45. The summed E-state index contributed by atoms with van der Waals surface area (Å²) in [7, 11) is 0. The number of carbonyl (C=O) groups excluding carboxylic acids is 5. The van der Waals surface area contributed by atoms with Crippen molar-refractivity contribution in [1.82, 2.24) is 5.06 Å². The Kier molecular flexibility index (Phi) is 9.82. The van der Waals surface area contributed by atoms with Crippen LogP contribution in [0.5, 0.6) is 0 Å². The molecule has 2 aromatic rings. The number of hydrogen-bond donors (Lipinski definition) is 1. The van der Waals surface area contributed by atoms with Crippen LogP contribution in [0, 0.1) is 0 Å². The number of hydroxylamine groups is 2. The van der Waals surface area contributed by atoms with Gasteiger partial charge in [0.05, 0.1) is 0 Å². The number of amides is 2. The van der Waals surface area contributed by atoms with Gasteiger partial charge in [0.15, 0.2) is 11.6 Å². The number of imide groups is 1. The van der Waals surface area contributed by atoms with E-state index in [1.807, 2.05) is 18.2 Å². The number of aliphatic hydroxyl groups is 1. The highest BCUT2D eigenvalue weighted by atomic mass is 16.8. The van der Waals surface area contributed by atoms with Crippen LogP contribution in [0.2, 0.25) is 0 Å². The number of benzene rings is 2. The Balaban J connectivity index is 1.57. The number of ketones is 2. The van der Waals surface area contributed by atoms with Crippen LogP contribution in [0.25, 0.3) is 11.1 Å². The van der Waals surface area contributed by atoms with E-state index >= 15 is 0 Å². The fraction of sp³-hybridized carbons (Fsp3) is 0.452. The summed E-state index contributed by atoms with van der Waals surface area (Å²) in [6, 6.07) is 11.0. The molecule has 0 aromatic heterocycles. The van der Waals surface area contributed by atoms with Crippen molar-refractivity contribution in [2.24, 2.45) is 0 Å². The molecule has 1 fully saturated rings. The molecular weight excluding hydrogens is 514 g/mol. The topological polar surface area (TPSA) is 127 Å². The minimum Gasteiger partial charge on any atom is -0.432 e. The zero-order chi connectivity index (χ0) is 28.6. The molecule has 2 aromatic carbocycles. The Bertz CT molecular complexity index is 1280. The standard InChI is InChI=1S/C31H35NO8/c1-2-3-5-8-27(34)20-10-12-22-23-13-11-21(28(35)9-6-4-7-16-33)18-25(23)26(24(22)17-20)19-39-31(38)40-32-29(36)14-15-30(32)37/h10-13,17-18,26,33H,2-9,14-16,19H2,1H3. The van der Waals surface area contributed by atoms with Crippen molar-refractivity contribution in [2.45, 2.75) is 77.0 Å². The first-order valence-electron chi connectivity index (χ1n) is 14.0. The predicted octanol–water partition coefficient (Wildman–Crippen LogP) is 5.51. The van der Waals surface area contributed by atoms with Crippen LogP contribution < -0.4 is 0 Å². The van der Waals surface area contributed by atoms with Gasteiger partial charge in [-0.25, -0.2) is 4.79 Å². The van der Waals surface area contributed by atoms with Gasteiger partial charge in [-0.15, -0.1) is 0 Å². The summed E-state index contributed by atoms with van der Waals surface area (Å²) in [6.07, 6.45) is 4.44. The van der Waals surface area contributed by atoms with Crippen molar-refractivity contribution >= 4 is 29.5 Å². The molecule has 1 atom stereocenters. The quantitative estimate of drug-likeness (QED) is 0.141. The molecule has 0 bridgehead atoms. The number of unbranched alkanes of at least 4 members (excludes halogenated alkanes) is 4. The molecule has 1 aliphatic carbocycles. The lowest BCUT2D eigenvalue weighted by atomic mass is 9.93. The first-order chi connectivity index (χ1) is 19.3. The summed E-state index contributed by atoms with van der Waals surface area (Å²) in [5, 5.41) is 9.42. The lowest BCUT2D eigenvalue weighted by Crippen LogP contribution is -2.32. The maximum absolute atomic E-state index is 12.9. The lowest BCUT2D eigenvalue weighted by Gasteiger charge is -2.17. The largest absolute Gasteiger partial charge is 0.533 e. The highest BCUT2D eigenvalue weighted by molar-refractivity contribution is 6.01. The third kappa shape index (κ3) is 6.65. The minimum atomic E-state index is -1.18. The van der Waals surface area contributed by atoms with Crippen LogP contribution in [-0.2, 0) is 19.2 Å². The van der Waals surface area contributed by atoms with Crippen LogP contribution >= 0.6 is 0 Å².